The van der Waals surface area contributed by atoms with Crippen molar-refractivity contribution in [1.82, 2.24) is 0 Å². The van der Waals surface area contributed by atoms with Crippen LogP contribution in [0.2, 0.25) is 0 Å². The third-order valence-electron chi connectivity index (χ3n) is 5.53. The van der Waals surface area contributed by atoms with Gasteiger partial charge in [-0.2, -0.15) is 0 Å². The average Bonchev–Trinajstić information content (AvgIpc) is 2.79. The Morgan fingerprint density at radius 3 is 2.42 bits per heavy atom. The maximum atomic E-state index is 12.6. The van der Waals surface area contributed by atoms with Crippen LogP contribution in [0.1, 0.15) is 53.9 Å². The van der Waals surface area contributed by atoms with Crippen molar-refractivity contribution in [2.45, 2.75) is 65.3 Å². The van der Waals surface area contributed by atoms with Gasteiger partial charge in [0.2, 0.25) is 5.79 Å². The number of rotatable bonds is 3. The maximum absolute atomic E-state index is 12.6. The van der Waals surface area contributed by atoms with Gasteiger partial charge >= 0.3 is 17.9 Å². The highest BCUT2D eigenvalue weighted by Crippen LogP contribution is 2.51. The molecule has 0 unspecified atom stereocenters. The SMILES string of the molecule is CC1=CCC(=O)O[C@@]12COC(=O)[C@@]2(C)CCC1=C(C)C(=O)OC(C)(C)O1. The lowest BCUT2D eigenvalue weighted by atomic mass is 9.67. The molecular formula is C19H24O7. The van der Waals surface area contributed by atoms with E-state index in [0.29, 0.717) is 24.2 Å². The minimum Gasteiger partial charge on any atom is -0.460 e. The third-order valence-corrected chi connectivity index (χ3v) is 5.53. The van der Waals surface area contributed by atoms with Crippen LogP contribution in [0.15, 0.2) is 23.0 Å². The van der Waals surface area contributed by atoms with Crippen LogP contribution in [0.5, 0.6) is 0 Å². The van der Waals surface area contributed by atoms with Crippen LogP contribution in [0, 0.1) is 5.41 Å². The van der Waals surface area contributed by atoms with Crippen LogP contribution in [0.3, 0.4) is 0 Å². The van der Waals surface area contributed by atoms with E-state index in [1.54, 1.807) is 33.8 Å². The normalized spacial score (nSPS) is 33.4. The van der Waals surface area contributed by atoms with Gasteiger partial charge < -0.3 is 18.9 Å². The summed E-state index contributed by atoms with van der Waals surface area (Å²) in [6, 6.07) is 0. The maximum Gasteiger partial charge on any atom is 0.340 e. The molecule has 1 fully saturated rings. The van der Waals surface area contributed by atoms with Crippen molar-refractivity contribution in [1.29, 1.82) is 0 Å². The van der Waals surface area contributed by atoms with E-state index < -0.39 is 28.7 Å². The van der Waals surface area contributed by atoms with Gasteiger partial charge in [-0.15, -0.1) is 0 Å². The van der Waals surface area contributed by atoms with E-state index in [1.807, 2.05) is 6.92 Å². The molecule has 26 heavy (non-hydrogen) atoms. The van der Waals surface area contributed by atoms with Crippen molar-refractivity contribution in [3.05, 3.63) is 23.0 Å². The summed E-state index contributed by atoms with van der Waals surface area (Å²) in [6.45, 7) is 8.52. The summed E-state index contributed by atoms with van der Waals surface area (Å²) in [7, 11) is 0. The van der Waals surface area contributed by atoms with E-state index in [0.717, 1.165) is 5.57 Å². The van der Waals surface area contributed by atoms with Crippen LogP contribution in [0.25, 0.3) is 0 Å². The number of hydrogen-bond donors (Lipinski definition) is 0. The number of carbonyl (C=O) groups excluding carboxylic acids is 3. The van der Waals surface area contributed by atoms with Gasteiger partial charge in [-0.1, -0.05) is 6.08 Å². The Morgan fingerprint density at radius 1 is 1.04 bits per heavy atom. The van der Waals surface area contributed by atoms with Gasteiger partial charge in [-0.3, -0.25) is 9.59 Å². The van der Waals surface area contributed by atoms with E-state index in [2.05, 4.69) is 0 Å². The molecule has 0 aromatic rings. The molecule has 3 heterocycles. The van der Waals surface area contributed by atoms with Gasteiger partial charge in [0.05, 0.1) is 12.0 Å². The molecule has 142 valence electrons. The second-order valence-corrected chi connectivity index (χ2v) is 7.74. The summed E-state index contributed by atoms with van der Waals surface area (Å²) in [5.41, 5.74) is -0.994. The van der Waals surface area contributed by atoms with Gasteiger partial charge in [-0.25, -0.2) is 4.79 Å². The number of carbonyl (C=O) groups is 3. The first kappa shape index (κ1) is 18.5. The van der Waals surface area contributed by atoms with E-state index in [4.69, 9.17) is 18.9 Å². The summed E-state index contributed by atoms with van der Waals surface area (Å²) in [4.78, 5) is 36.5. The smallest absolute Gasteiger partial charge is 0.340 e. The fourth-order valence-electron chi connectivity index (χ4n) is 3.77. The van der Waals surface area contributed by atoms with Crippen molar-refractivity contribution in [3.8, 4) is 0 Å². The zero-order valence-electron chi connectivity index (χ0n) is 15.8. The number of esters is 3. The number of ether oxygens (including phenoxy) is 4. The molecule has 3 aliphatic rings. The molecule has 1 saturated heterocycles. The summed E-state index contributed by atoms with van der Waals surface area (Å²) in [5, 5.41) is 0. The second kappa shape index (κ2) is 5.86. The molecule has 2 atom stereocenters. The summed E-state index contributed by atoms with van der Waals surface area (Å²) in [5.74, 6) is -1.82. The predicted molar refractivity (Wildman–Crippen MR) is 89.5 cm³/mol. The predicted octanol–water partition coefficient (Wildman–Crippen LogP) is 2.55. The van der Waals surface area contributed by atoms with Gasteiger partial charge in [0.15, 0.2) is 5.60 Å². The summed E-state index contributed by atoms with van der Waals surface area (Å²) in [6.07, 6.45) is 2.60. The fourth-order valence-corrected chi connectivity index (χ4v) is 3.77. The molecule has 1 spiro atoms. The first-order chi connectivity index (χ1) is 12.0. The van der Waals surface area contributed by atoms with Crippen molar-refractivity contribution in [2.24, 2.45) is 5.41 Å². The minimum atomic E-state index is -1.11. The third kappa shape index (κ3) is 2.70. The zero-order chi connectivity index (χ0) is 19.3. The standard InChI is InChI=1S/C19H24O7/c1-11-6-7-14(20)25-19(11)10-23-16(22)18(19,5)9-8-13-12(2)15(21)26-17(3,4)24-13/h6H,7-10H2,1-5H3/t18-,19+/m1/s1. The molecule has 7 heteroatoms. The van der Waals surface area contributed by atoms with Crippen LogP contribution in [-0.4, -0.2) is 35.9 Å². The van der Waals surface area contributed by atoms with Crippen molar-refractivity contribution in [2.75, 3.05) is 6.61 Å². The Hall–Kier alpha value is -2.31. The van der Waals surface area contributed by atoms with Crippen LogP contribution >= 0.6 is 0 Å². The van der Waals surface area contributed by atoms with Crippen molar-refractivity contribution >= 4 is 17.9 Å². The molecule has 3 aliphatic heterocycles. The van der Waals surface area contributed by atoms with Crippen LogP contribution < -0.4 is 0 Å². The van der Waals surface area contributed by atoms with Gasteiger partial charge in [0.25, 0.3) is 0 Å². The lowest BCUT2D eigenvalue weighted by Gasteiger charge is -2.42. The largest absolute Gasteiger partial charge is 0.460 e. The van der Waals surface area contributed by atoms with E-state index in [1.165, 1.54) is 0 Å². The molecule has 7 nitrogen and oxygen atoms in total. The summed E-state index contributed by atoms with van der Waals surface area (Å²) >= 11 is 0. The topological polar surface area (TPSA) is 88.1 Å². The molecule has 0 aromatic carbocycles. The molecule has 0 amide bonds. The molecule has 0 radical (unpaired) electrons. The molecular weight excluding hydrogens is 340 g/mol. The van der Waals surface area contributed by atoms with Gasteiger partial charge in [0.1, 0.15) is 17.8 Å². The Labute approximate surface area is 152 Å². The number of allylic oxidation sites excluding steroid dienone is 1. The van der Waals surface area contributed by atoms with Gasteiger partial charge in [-0.05, 0) is 32.8 Å². The fraction of sp³-hybridized carbons (Fsp3) is 0.632. The number of cyclic esters (lactones) is 2. The molecule has 0 aromatic heterocycles. The molecule has 0 aliphatic carbocycles. The Kier molecular flexibility index (Phi) is 4.16. The van der Waals surface area contributed by atoms with E-state index in [9.17, 15) is 14.4 Å². The quantitative estimate of drug-likeness (QED) is 0.432. The highest BCUT2D eigenvalue weighted by molar-refractivity contribution is 5.89. The van der Waals surface area contributed by atoms with Gasteiger partial charge in [0, 0.05) is 20.3 Å². The summed E-state index contributed by atoms with van der Waals surface area (Å²) < 4.78 is 21.9. The minimum absolute atomic E-state index is 0.00281. The lowest BCUT2D eigenvalue weighted by Crippen LogP contribution is -2.53. The highest BCUT2D eigenvalue weighted by atomic mass is 16.7. The first-order valence-electron chi connectivity index (χ1n) is 8.69. The molecule has 3 rings (SSSR count). The first-order valence-corrected chi connectivity index (χ1v) is 8.69. The second-order valence-electron chi connectivity index (χ2n) is 7.74. The molecule has 0 saturated carbocycles. The average molecular weight is 364 g/mol. The Morgan fingerprint density at radius 2 is 1.73 bits per heavy atom. The monoisotopic (exact) mass is 364 g/mol. The number of hydrogen-bond acceptors (Lipinski definition) is 7. The Balaban J connectivity index is 1.90. The van der Waals surface area contributed by atoms with Crippen molar-refractivity contribution in [3.63, 3.8) is 0 Å². The zero-order valence-corrected chi connectivity index (χ0v) is 15.8. The Bertz CT molecular complexity index is 745. The lowest BCUT2D eigenvalue weighted by molar-refractivity contribution is -0.208. The van der Waals surface area contributed by atoms with Crippen LogP contribution in [-0.2, 0) is 33.3 Å². The van der Waals surface area contributed by atoms with E-state index >= 15 is 0 Å². The van der Waals surface area contributed by atoms with E-state index in [-0.39, 0.29) is 19.0 Å². The molecule has 0 N–H and O–H groups in total. The molecule has 0 bridgehead atoms. The van der Waals surface area contributed by atoms with Crippen molar-refractivity contribution < 1.29 is 33.3 Å². The van der Waals surface area contributed by atoms with Crippen LogP contribution in [0.4, 0.5) is 0 Å². The highest BCUT2D eigenvalue weighted by Gasteiger charge is 2.64.